The monoisotopic (exact) mass is 368 g/mol. The molecule has 0 aliphatic carbocycles. The summed E-state index contributed by atoms with van der Waals surface area (Å²) in [6.45, 7) is 3.62. The summed E-state index contributed by atoms with van der Waals surface area (Å²) in [5, 5.41) is 4.32. The van der Waals surface area contributed by atoms with Crippen LogP contribution in [0.3, 0.4) is 0 Å². The van der Waals surface area contributed by atoms with Crippen LogP contribution in [0.1, 0.15) is 29.8 Å². The van der Waals surface area contributed by atoms with Gasteiger partial charge in [-0.05, 0) is 26.0 Å². The lowest BCUT2D eigenvalue weighted by Crippen LogP contribution is -2.52. The molecule has 0 spiro atoms. The number of aromatic nitrogens is 2. The minimum atomic E-state index is -0.794. The van der Waals surface area contributed by atoms with Gasteiger partial charge in [0.05, 0.1) is 33.5 Å². The van der Waals surface area contributed by atoms with Crippen LogP contribution in [-0.4, -0.2) is 34.2 Å². The van der Waals surface area contributed by atoms with Crippen LogP contribution < -0.4 is 10.2 Å². The highest BCUT2D eigenvalue weighted by Gasteiger charge is 2.38. The molecule has 1 aliphatic rings. The van der Waals surface area contributed by atoms with Gasteiger partial charge in [-0.3, -0.25) is 9.59 Å². The molecule has 3 heterocycles. The molecule has 1 aliphatic heterocycles. The Morgan fingerprint density at radius 2 is 1.96 bits per heavy atom. The number of halogens is 1. The highest BCUT2D eigenvalue weighted by atomic mass is 35.5. The van der Waals surface area contributed by atoms with Gasteiger partial charge < -0.3 is 15.2 Å². The fraction of sp³-hybridized carbons (Fsp3) is 0.211. The average Bonchev–Trinajstić information content (AvgIpc) is 3.04. The number of nitrogens with one attached hydrogen (secondary N) is 2. The number of hydrogen-bond acceptors (Lipinski definition) is 4. The van der Waals surface area contributed by atoms with Crippen LogP contribution in [0.25, 0.3) is 11.0 Å². The summed E-state index contributed by atoms with van der Waals surface area (Å²) in [4.78, 5) is 34.6. The van der Waals surface area contributed by atoms with Gasteiger partial charge in [0, 0.05) is 18.8 Å². The van der Waals surface area contributed by atoms with E-state index in [2.05, 4.69) is 15.3 Å². The molecule has 4 rings (SSSR count). The van der Waals surface area contributed by atoms with Gasteiger partial charge in [0.1, 0.15) is 11.2 Å². The average molecular weight is 369 g/mol. The van der Waals surface area contributed by atoms with Gasteiger partial charge in [-0.15, -0.1) is 0 Å². The molecule has 0 unspecified atom stereocenters. The van der Waals surface area contributed by atoms with Crippen LogP contribution in [0.15, 0.2) is 36.7 Å². The van der Waals surface area contributed by atoms with E-state index in [4.69, 9.17) is 11.6 Å². The van der Waals surface area contributed by atoms with Crippen molar-refractivity contribution in [3.05, 3.63) is 52.8 Å². The van der Waals surface area contributed by atoms with Crippen molar-refractivity contribution in [2.24, 2.45) is 0 Å². The van der Waals surface area contributed by atoms with Crippen molar-refractivity contribution in [1.29, 1.82) is 0 Å². The van der Waals surface area contributed by atoms with E-state index in [9.17, 15) is 9.59 Å². The number of carbonyl (C=O) groups is 2. The SMILES string of the molecule is CN1C(=O)C(C)(C)Nc2c1cnc1[nH]cc(C(=O)c3ccccc3Cl)c21. The molecule has 0 atom stereocenters. The third-order valence-electron chi connectivity index (χ3n) is 4.68. The minimum absolute atomic E-state index is 0.0688. The van der Waals surface area contributed by atoms with E-state index < -0.39 is 5.54 Å². The summed E-state index contributed by atoms with van der Waals surface area (Å²) < 4.78 is 0. The molecule has 0 bridgehead atoms. The first-order valence-corrected chi connectivity index (χ1v) is 8.54. The number of aromatic amines is 1. The van der Waals surface area contributed by atoms with E-state index >= 15 is 0 Å². The fourth-order valence-electron chi connectivity index (χ4n) is 3.33. The van der Waals surface area contributed by atoms with Crippen LogP contribution in [0.5, 0.6) is 0 Å². The zero-order valence-electron chi connectivity index (χ0n) is 14.6. The smallest absolute Gasteiger partial charge is 0.251 e. The van der Waals surface area contributed by atoms with E-state index in [1.165, 1.54) is 0 Å². The summed E-state index contributed by atoms with van der Waals surface area (Å²) in [6, 6.07) is 6.93. The number of fused-ring (bicyclic) bond motifs is 3. The van der Waals surface area contributed by atoms with E-state index in [0.29, 0.717) is 38.6 Å². The van der Waals surface area contributed by atoms with Crippen molar-refractivity contribution in [2.45, 2.75) is 19.4 Å². The first kappa shape index (κ1) is 16.6. The number of nitrogens with zero attached hydrogens (tertiary/aromatic N) is 2. The second-order valence-electron chi connectivity index (χ2n) is 6.87. The Labute approximate surface area is 155 Å². The first-order chi connectivity index (χ1) is 12.3. The number of H-pyrrole nitrogens is 1. The Hall–Kier alpha value is -2.86. The molecule has 3 aromatic rings. The molecule has 0 fully saturated rings. The number of ketones is 1. The van der Waals surface area contributed by atoms with Gasteiger partial charge in [-0.1, -0.05) is 23.7 Å². The highest BCUT2D eigenvalue weighted by Crippen LogP contribution is 2.40. The summed E-state index contributed by atoms with van der Waals surface area (Å²) in [5.41, 5.74) is 2.01. The van der Waals surface area contributed by atoms with Crippen LogP contribution in [0.2, 0.25) is 5.02 Å². The molecule has 26 heavy (non-hydrogen) atoms. The van der Waals surface area contributed by atoms with E-state index in [1.54, 1.807) is 48.6 Å². The van der Waals surface area contributed by atoms with Crippen molar-refractivity contribution in [1.82, 2.24) is 9.97 Å². The number of amides is 1. The molecular weight excluding hydrogens is 352 g/mol. The predicted molar refractivity (Wildman–Crippen MR) is 102 cm³/mol. The fourth-order valence-corrected chi connectivity index (χ4v) is 3.55. The number of carbonyl (C=O) groups excluding carboxylic acids is 2. The molecule has 1 aromatic carbocycles. The quantitative estimate of drug-likeness (QED) is 0.677. The van der Waals surface area contributed by atoms with Crippen molar-refractivity contribution in [3.63, 3.8) is 0 Å². The Morgan fingerprint density at radius 1 is 1.23 bits per heavy atom. The molecule has 1 amide bonds. The molecule has 7 heteroatoms. The lowest BCUT2D eigenvalue weighted by atomic mass is 9.96. The third-order valence-corrected chi connectivity index (χ3v) is 5.01. The number of anilines is 2. The van der Waals surface area contributed by atoms with Crippen LogP contribution in [0, 0.1) is 0 Å². The maximum atomic E-state index is 13.1. The molecule has 2 N–H and O–H groups in total. The molecule has 0 radical (unpaired) electrons. The maximum absolute atomic E-state index is 13.1. The molecule has 2 aromatic heterocycles. The lowest BCUT2D eigenvalue weighted by molar-refractivity contribution is -0.121. The van der Waals surface area contributed by atoms with Gasteiger partial charge in [0.2, 0.25) is 0 Å². The number of likely N-dealkylation sites (N-methyl/N-ethyl adjacent to an activating group) is 1. The number of hydrogen-bond donors (Lipinski definition) is 2. The standard InChI is InChI=1S/C19H17ClN4O2/c1-19(2)18(26)24(3)13-9-22-17-14(15(13)23-19)11(8-21-17)16(25)10-6-4-5-7-12(10)20/h4-9,23H,1-3H3,(H,21,22). The highest BCUT2D eigenvalue weighted by molar-refractivity contribution is 6.35. The second kappa shape index (κ2) is 5.57. The minimum Gasteiger partial charge on any atom is -0.369 e. The lowest BCUT2D eigenvalue weighted by Gasteiger charge is -2.38. The number of rotatable bonds is 2. The van der Waals surface area contributed by atoms with Crippen LogP contribution in [0.4, 0.5) is 11.4 Å². The van der Waals surface area contributed by atoms with Crippen molar-refractivity contribution in [3.8, 4) is 0 Å². The van der Waals surface area contributed by atoms with E-state index in [0.717, 1.165) is 0 Å². The predicted octanol–water partition coefficient (Wildman–Crippen LogP) is 3.61. The van der Waals surface area contributed by atoms with E-state index in [-0.39, 0.29) is 11.7 Å². The summed E-state index contributed by atoms with van der Waals surface area (Å²) in [6.07, 6.45) is 3.26. The van der Waals surface area contributed by atoms with Crippen LogP contribution >= 0.6 is 11.6 Å². The normalized spacial score (nSPS) is 15.7. The van der Waals surface area contributed by atoms with Gasteiger partial charge in [0.15, 0.2) is 5.78 Å². The van der Waals surface area contributed by atoms with Gasteiger partial charge in [0.25, 0.3) is 5.91 Å². The largest absolute Gasteiger partial charge is 0.369 e. The van der Waals surface area contributed by atoms with Crippen molar-refractivity contribution >= 4 is 45.7 Å². The summed E-state index contributed by atoms with van der Waals surface area (Å²) in [5.74, 6) is -0.267. The second-order valence-corrected chi connectivity index (χ2v) is 7.27. The molecule has 6 nitrogen and oxygen atoms in total. The number of pyridine rings is 1. The summed E-state index contributed by atoms with van der Waals surface area (Å²) >= 11 is 6.20. The van der Waals surface area contributed by atoms with Crippen molar-refractivity contribution in [2.75, 3.05) is 17.3 Å². The molecule has 132 valence electrons. The zero-order valence-corrected chi connectivity index (χ0v) is 15.3. The Balaban J connectivity index is 1.96. The van der Waals surface area contributed by atoms with Gasteiger partial charge in [-0.25, -0.2) is 4.98 Å². The summed E-state index contributed by atoms with van der Waals surface area (Å²) in [7, 11) is 1.71. The van der Waals surface area contributed by atoms with Crippen molar-refractivity contribution < 1.29 is 9.59 Å². The Bertz CT molecular complexity index is 1070. The van der Waals surface area contributed by atoms with Gasteiger partial charge >= 0.3 is 0 Å². The Morgan fingerprint density at radius 3 is 2.69 bits per heavy atom. The number of benzene rings is 1. The third kappa shape index (κ3) is 2.29. The Kier molecular flexibility index (Phi) is 3.56. The maximum Gasteiger partial charge on any atom is 0.251 e. The topological polar surface area (TPSA) is 78.1 Å². The molecular formula is C19H17ClN4O2. The van der Waals surface area contributed by atoms with E-state index in [1.807, 2.05) is 13.8 Å². The molecule has 0 saturated carbocycles. The zero-order chi connectivity index (χ0) is 18.6. The van der Waals surface area contributed by atoms with Crippen LogP contribution in [-0.2, 0) is 4.79 Å². The molecule has 0 saturated heterocycles. The first-order valence-electron chi connectivity index (χ1n) is 8.17. The van der Waals surface area contributed by atoms with Gasteiger partial charge in [-0.2, -0.15) is 0 Å².